The van der Waals surface area contributed by atoms with Gasteiger partial charge < -0.3 is 4.74 Å². The summed E-state index contributed by atoms with van der Waals surface area (Å²) in [6, 6.07) is 0. The Hall–Kier alpha value is 0.573. The molecule has 2 nitrogen and oxygen atoms in total. The van der Waals surface area contributed by atoms with Crippen LogP contribution in [0.15, 0.2) is 0 Å². The third-order valence-electron chi connectivity index (χ3n) is 1.42. The van der Waals surface area contributed by atoms with Gasteiger partial charge in [0.1, 0.15) is 0 Å². The molecule has 0 aromatic rings. The molecule has 13 heavy (non-hydrogen) atoms. The van der Waals surface area contributed by atoms with Gasteiger partial charge in [0.2, 0.25) is 0 Å². The van der Waals surface area contributed by atoms with Crippen molar-refractivity contribution in [1.82, 2.24) is 0 Å². The molecule has 0 heterocycles. The molecule has 0 spiro atoms. The van der Waals surface area contributed by atoms with Crippen LogP contribution in [0.4, 0.5) is 0 Å². The molecule has 0 saturated carbocycles. The Kier molecular flexibility index (Phi) is 18.6. The van der Waals surface area contributed by atoms with Crippen molar-refractivity contribution in [2.45, 2.75) is 46.0 Å². The van der Waals surface area contributed by atoms with E-state index in [2.05, 4.69) is 25.3 Å². The average Bonchev–Trinajstić information content (AvgIpc) is 2.14. The molecule has 0 aromatic heterocycles. The molecule has 0 N–H and O–H groups in total. The Bertz CT molecular complexity index is 110. The van der Waals surface area contributed by atoms with E-state index in [1.807, 2.05) is 0 Å². The van der Waals surface area contributed by atoms with Crippen molar-refractivity contribution in [2.24, 2.45) is 0 Å². The van der Waals surface area contributed by atoms with Gasteiger partial charge >= 0.3 is 30.0 Å². The van der Waals surface area contributed by atoms with Gasteiger partial charge in [-0.25, -0.2) is 0 Å². The predicted molar refractivity (Wildman–Crippen MR) is 53.8 cm³/mol. The summed E-state index contributed by atoms with van der Waals surface area (Å²) in [6.07, 6.45) is 5.76. The maximum absolute atomic E-state index is 10.3. The van der Waals surface area contributed by atoms with E-state index in [1.165, 1.54) is 42.5 Å². The third kappa shape index (κ3) is 19.1. The molecule has 0 aliphatic heterocycles. The van der Waals surface area contributed by atoms with Gasteiger partial charge in [0.15, 0.2) is 0 Å². The van der Waals surface area contributed by atoms with Gasteiger partial charge in [-0.05, 0) is 0 Å². The molecule has 0 rings (SSSR count). The Morgan fingerprint density at radius 1 is 1.38 bits per heavy atom. The summed E-state index contributed by atoms with van der Waals surface area (Å²) in [6.45, 7) is 5.19. The van der Waals surface area contributed by atoms with Crippen LogP contribution in [0.25, 0.3) is 0 Å². The molecule has 0 fully saturated rings. The molecule has 0 aliphatic carbocycles. The first-order valence-electron chi connectivity index (χ1n) is 4.53. The Balaban J connectivity index is 0. The van der Waals surface area contributed by atoms with E-state index in [9.17, 15) is 4.79 Å². The summed E-state index contributed by atoms with van der Waals surface area (Å²) in [5.41, 5.74) is 0. The molecular formula is C9H17BrO2Zn. The fourth-order valence-electron chi connectivity index (χ4n) is 0.831. The first-order chi connectivity index (χ1) is 6.27. The fraction of sp³-hybridized carbons (Fsp3) is 0.778. The van der Waals surface area contributed by atoms with E-state index in [0.717, 1.165) is 12.8 Å². The number of halogens is 1. The minimum atomic E-state index is -0.222. The second-order valence-corrected chi connectivity index (χ2v) is 2.63. The van der Waals surface area contributed by atoms with Crippen LogP contribution >= 0.6 is 13.6 Å². The van der Waals surface area contributed by atoms with E-state index >= 15 is 0 Å². The molecule has 74 valence electrons. The van der Waals surface area contributed by atoms with Crippen LogP contribution in [0, 0.1) is 6.61 Å². The van der Waals surface area contributed by atoms with E-state index < -0.39 is 0 Å². The van der Waals surface area contributed by atoms with E-state index in [4.69, 9.17) is 0 Å². The van der Waals surface area contributed by atoms with Gasteiger partial charge in [0, 0.05) is 6.92 Å². The van der Waals surface area contributed by atoms with Crippen molar-refractivity contribution in [3.63, 3.8) is 0 Å². The number of hydrogen-bond acceptors (Lipinski definition) is 2. The summed E-state index contributed by atoms with van der Waals surface area (Å²) in [5.74, 6) is -0.222. The first kappa shape index (κ1) is 16.0. The molecular weight excluding hydrogens is 285 g/mol. The zero-order valence-corrected chi connectivity index (χ0v) is 13.1. The molecule has 0 unspecified atom stereocenters. The van der Waals surface area contributed by atoms with E-state index in [-0.39, 0.29) is 5.97 Å². The Morgan fingerprint density at radius 2 is 2.00 bits per heavy atom. The number of unbranched alkanes of at least 4 members (excludes halogenated alkanes) is 4. The quantitative estimate of drug-likeness (QED) is 0.325. The van der Waals surface area contributed by atoms with E-state index in [1.54, 1.807) is 6.61 Å². The maximum atomic E-state index is 10.3. The SMILES string of the molecule is CCCCCC[CH-]OC(C)=O.[Zn+][Br]. The molecule has 0 saturated heterocycles. The molecule has 0 radical (unpaired) electrons. The van der Waals surface area contributed by atoms with Crippen molar-refractivity contribution in [3.05, 3.63) is 6.61 Å². The molecule has 0 aromatic carbocycles. The molecule has 0 aliphatic rings. The Morgan fingerprint density at radius 3 is 2.46 bits per heavy atom. The summed E-state index contributed by atoms with van der Waals surface area (Å²) < 4.78 is 4.66. The summed E-state index contributed by atoms with van der Waals surface area (Å²) >= 11 is 4.25. The van der Waals surface area contributed by atoms with Crippen LogP contribution in [0.3, 0.4) is 0 Å². The minimum absolute atomic E-state index is 0.222. The van der Waals surface area contributed by atoms with Crippen molar-refractivity contribution in [1.29, 1.82) is 0 Å². The second kappa shape index (κ2) is 15.1. The number of carbonyl (C=O) groups excluding carboxylic acids is 1. The third-order valence-corrected chi connectivity index (χ3v) is 1.42. The van der Waals surface area contributed by atoms with Crippen molar-refractivity contribution < 1.29 is 25.9 Å². The van der Waals surface area contributed by atoms with Gasteiger partial charge in [-0.1, -0.05) is 32.6 Å². The number of hydrogen-bond donors (Lipinski definition) is 0. The number of carbonyl (C=O) groups is 1. The summed E-state index contributed by atoms with van der Waals surface area (Å²) in [5, 5.41) is 0. The van der Waals surface area contributed by atoms with Gasteiger partial charge in [-0.2, -0.15) is 6.61 Å². The predicted octanol–water partition coefficient (Wildman–Crippen LogP) is 3.52. The molecule has 0 bridgehead atoms. The van der Waals surface area contributed by atoms with Gasteiger partial charge in [0.05, 0.1) is 0 Å². The number of ether oxygens (including phenoxy) is 1. The monoisotopic (exact) mass is 300 g/mol. The second-order valence-electron chi connectivity index (χ2n) is 2.63. The summed E-state index contributed by atoms with van der Waals surface area (Å²) in [4.78, 5) is 10.3. The molecule has 0 atom stereocenters. The van der Waals surface area contributed by atoms with Crippen LogP contribution in [0.5, 0.6) is 0 Å². The van der Waals surface area contributed by atoms with Crippen molar-refractivity contribution in [3.8, 4) is 0 Å². The zero-order chi connectivity index (χ0) is 10.5. The fourth-order valence-corrected chi connectivity index (χ4v) is 0.831. The van der Waals surface area contributed by atoms with Crippen LogP contribution < -0.4 is 0 Å². The van der Waals surface area contributed by atoms with Crippen molar-refractivity contribution >= 4 is 19.6 Å². The summed E-state index contributed by atoms with van der Waals surface area (Å²) in [7, 11) is 0. The van der Waals surface area contributed by atoms with E-state index in [0.29, 0.717) is 0 Å². The average molecular weight is 303 g/mol. The van der Waals surface area contributed by atoms with Crippen LogP contribution in [-0.2, 0) is 25.9 Å². The van der Waals surface area contributed by atoms with Crippen molar-refractivity contribution in [2.75, 3.05) is 0 Å². The first-order valence-corrected chi connectivity index (χ1v) is 11.5. The van der Waals surface area contributed by atoms with Gasteiger partial charge in [-0.3, -0.25) is 4.79 Å². The zero-order valence-electron chi connectivity index (χ0n) is 8.51. The van der Waals surface area contributed by atoms with Gasteiger partial charge in [0.25, 0.3) is 5.97 Å². The topological polar surface area (TPSA) is 26.3 Å². The number of esters is 1. The van der Waals surface area contributed by atoms with Gasteiger partial charge in [-0.15, -0.1) is 6.42 Å². The molecule has 4 heteroatoms. The number of rotatable bonds is 6. The van der Waals surface area contributed by atoms with Crippen LogP contribution in [0.2, 0.25) is 0 Å². The van der Waals surface area contributed by atoms with Crippen LogP contribution in [0.1, 0.15) is 46.0 Å². The molecule has 0 amide bonds. The normalized spacial score (nSPS) is 8.69. The Labute approximate surface area is 97.8 Å². The van der Waals surface area contributed by atoms with Crippen LogP contribution in [-0.4, -0.2) is 5.97 Å². The standard InChI is InChI=1S/C9H17O2.BrH.Zn/c1-3-4-5-6-7-8-11-9(2)10;;/h8H,3-7H2,1-2H3;1H;/q-1;;+2/p-1.